The predicted molar refractivity (Wildman–Crippen MR) is 111 cm³/mol. The molecule has 5 heteroatoms. The molecule has 1 heterocycles. The molecule has 1 amide bonds. The average Bonchev–Trinajstić information content (AvgIpc) is 3.22. The molecule has 0 aliphatic carbocycles. The molecule has 0 unspecified atom stereocenters. The Hall–Kier alpha value is -2.63. The Labute approximate surface area is 164 Å². The molecule has 0 saturated heterocycles. The molecular formula is C22H24N2O2S. The summed E-state index contributed by atoms with van der Waals surface area (Å²) < 4.78 is 5.62. The Bertz CT molecular complexity index is 831. The van der Waals surface area contributed by atoms with Crippen LogP contribution in [0.4, 0.5) is 0 Å². The van der Waals surface area contributed by atoms with Crippen LogP contribution in [-0.4, -0.2) is 38.1 Å². The minimum absolute atomic E-state index is 0.00920. The fourth-order valence-electron chi connectivity index (χ4n) is 2.80. The van der Waals surface area contributed by atoms with Crippen LogP contribution >= 0.6 is 11.3 Å². The Kier molecular flexibility index (Phi) is 6.63. The van der Waals surface area contributed by atoms with Crippen molar-refractivity contribution in [3.05, 3.63) is 77.0 Å². The molecule has 3 aromatic rings. The molecule has 0 aliphatic heterocycles. The molecule has 4 nitrogen and oxygen atoms in total. The highest BCUT2D eigenvalue weighted by Crippen LogP contribution is 2.23. The van der Waals surface area contributed by atoms with E-state index in [0.717, 1.165) is 11.1 Å². The van der Waals surface area contributed by atoms with Gasteiger partial charge in [0.2, 0.25) is 0 Å². The molecule has 0 spiro atoms. The lowest BCUT2D eigenvalue weighted by atomic mass is 10.1. The Morgan fingerprint density at radius 1 is 1.00 bits per heavy atom. The van der Waals surface area contributed by atoms with Crippen molar-refractivity contribution in [2.45, 2.75) is 6.04 Å². The summed E-state index contributed by atoms with van der Waals surface area (Å²) in [6.45, 7) is 0.567. The normalized spacial score (nSPS) is 12.0. The SMILES string of the molecule is CN(C)[C@@H](CNC(=O)COc1ccc(-c2ccccc2)cc1)c1cccs1. The first-order valence-electron chi connectivity index (χ1n) is 8.88. The maximum atomic E-state index is 12.2. The van der Waals surface area contributed by atoms with Gasteiger partial charge in [-0.3, -0.25) is 4.79 Å². The summed E-state index contributed by atoms with van der Waals surface area (Å²) in [7, 11) is 4.03. The molecule has 27 heavy (non-hydrogen) atoms. The number of ether oxygens (including phenoxy) is 1. The third kappa shape index (κ3) is 5.42. The maximum absolute atomic E-state index is 12.2. The molecule has 0 radical (unpaired) electrons. The number of hydrogen-bond acceptors (Lipinski definition) is 4. The van der Waals surface area contributed by atoms with E-state index in [4.69, 9.17) is 4.74 Å². The maximum Gasteiger partial charge on any atom is 0.258 e. The van der Waals surface area contributed by atoms with E-state index >= 15 is 0 Å². The van der Waals surface area contributed by atoms with E-state index in [1.807, 2.05) is 62.6 Å². The third-order valence-electron chi connectivity index (χ3n) is 4.32. The summed E-state index contributed by atoms with van der Waals surface area (Å²) in [4.78, 5) is 15.5. The molecule has 1 aromatic heterocycles. The molecule has 1 N–H and O–H groups in total. The van der Waals surface area contributed by atoms with Crippen LogP contribution in [0.1, 0.15) is 10.9 Å². The number of nitrogens with zero attached hydrogens (tertiary/aromatic N) is 1. The fourth-order valence-corrected chi connectivity index (χ4v) is 3.73. The standard InChI is InChI=1S/C22H24N2O2S/c1-24(2)20(21-9-6-14-27-21)15-23-22(25)16-26-19-12-10-18(11-13-19)17-7-4-3-5-8-17/h3-14,20H,15-16H2,1-2H3,(H,23,25)/t20-/m0/s1. The van der Waals surface area contributed by atoms with Gasteiger partial charge in [0.15, 0.2) is 6.61 Å². The van der Waals surface area contributed by atoms with Crippen molar-refractivity contribution in [1.29, 1.82) is 0 Å². The second kappa shape index (κ2) is 9.35. The molecule has 140 valence electrons. The van der Waals surface area contributed by atoms with Gasteiger partial charge in [-0.1, -0.05) is 48.5 Å². The number of benzene rings is 2. The Morgan fingerprint density at radius 2 is 1.70 bits per heavy atom. The predicted octanol–water partition coefficient (Wildman–Crippen LogP) is 4.21. The first-order valence-corrected chi connectivity index (χ1v) is 9.76. The summed E-state index contributed by atoms with van der Waals surface area (Å²) in [5, 5.41) is 5.01. The minimum Gasteiger partial charge on any atom is -0.484 e. The topological polar surface area (TPSA) is 41.6 Å². The van der Waals surface area contributed by atoms with Crippen LogP contribution in [0.2, 0.25) is 0 Å². The zero-order chi connectivity index (χ0) is 19.1. The van der Waals surface area contributed by atoms with Gasteiger partial charge in [0, 0.05) is 11.4 Å². The lowest BCUT2D eigenvalue weighted by molar-refractivity contribution is -0.123. The van der Waals surface area contributed by atoms with E-state index in [1.54, 1.807) is 11.3 Å². The van der Waals surface area contributed by atoms with Gasteiger partial charge in [-0.25, -0.2) is 0 Å². The lowest BCUT2D eigenvalue weighted by Gasteiger charge is -2.23. The quantitative estimate of drug-likeness (QED) is 0.636. The number of rotatable bonds is 8. The number of carbonyl (C=O) groups is 1. The summed E-state index contributed by atoms with van der Waals surface area (Å²) in [6, 6.07) is 22.2. The summed E-state index contributed by atoms with van der Waals surface area (Å²) in [5.74, 6) is 0.567. The highest BCUT2D eigenvalue weighted by molar-refractivity contribution is 7.10. The van der Waals surface area contributed by atoms with Gasteiger partial charge in [0.25, 0.3) is 5.91 Å². The van der Waals surface area contributed by atoms with E-state index in [2.05, 4.69) is 33.8 Å². The summed E-state index contributed by atoms with van der Waals surface area (Å²) in [5.41, 5.74) is 2.28. The highest BCUT2D eigenvalue weighted by Gasteiger charge is 2.16. The van der Waals surface area contributed by atoms with Crippen LogP contribution in [0, 0.1) is 0 Å². The van der Waals surface area contributed by atoms with Crippen LogP contribution < -0.4 is 10.1 Å². The zero-order valence-electron chi connectivity index (χ0n) is 15.6. The van der Waals surface area contributed by atoms with Crippen molar-refractivity contribution in [2.75, 3.05) is 27.2 Å². The van der Waals surface area contributed by atoms with Gasteiger partial charge in [-0.15, -0.1) is 11.3 Å². The monoisotopic (exact) mass is 380 g/mol. The van der Waals surface area contributed by atoms with E-state index in [0.29, 0.717) is 12.3 Å². The van der Waals surface area contributed by atoms with E-state index in [-0.39, 0.29) is 18.6 Å². The number of carbonyl (C=O) groups excluding carboxylic acids is 1. The smallest absolute Gasteiger partial charge is 0.258 e. The number of nitrogens with one attached hydrogen (secondary N) is 1. The van der Waals surface area contributed by atoms with Gasteiger partial charge in [-0.05, 0) is 48.8 Å². The molecule has 0 bridgehead atoms. The van der Waals surface area contributed by atoms with Gasteiger partial charge in [-0.2, -0.15) is 0 Å². The molecule has 3 rings (SSSR count). The molecule has 0 aliphatic rings. The first kappa shape index (κ1) is 19.1. The average molecular weight is 381 g/mol. The van der Waals surface area contributed by atoms with Crippen LogP contribution in [0.15, 0.2) is 72.1 Å². The van der Waals surface area contributed by atoms with Gasteiger partial charge in [0.05, 0.1) is 6.04 Å². The van der Waals surface area contributed by atoms with Crippen molar-refractivity contribution < 1.29 is 9.53 Å². The van der Waals surface area contributed by atoms with Crippen molar-refractivity contribution in [3.63, 3.8) is 0 Å². The van der Waals surface area contributed by atoms with Crippen LogP contribution in [0.5, 0.6) is 5.75 Å². The van der Waals surface area contributed by atoms with Crippen LogP contribution in [-0.2, 0) is 4.79 Å². The second-order valence-electron chi connectivity index (χ2n) is 6.48. The highest BCUT2D eigenvalue weighted by atomic mass is 32.1. The molecule has 2 aromatic carbocycles. The van der Waals surface area contributed by atoms with Crippen molar-refractivity contribution >= 4 is 17.2 Å². The molecule has 0 saturated carbocycles. The van der Waals surface area contributed by atoms with Crippen LogP contribution in [0.25, 0.3) is 11.1 Å². The summed E-state index contributed by atoms with van der Waals surface area (Å²) >= 11 is 1.70. The second-order valence-corrected chi connectivity index (χ2v) is 7.46. The Balaban J connectivity index is 1.49. The summed E-state index contributed by atoms with van der Waals surface area (Å²) in [6.07, 6.45) is 0. The fraction of sp³-hybridized carbons (Fsp3) is 0.227. The lowest BCUT2D eigenvalue weighted by Crippen LogP contribution is -2.36. The molecular weight excluding hydrogens is 356 g/mol. The number of hydrogen-bond donors (Lipinski definition) is 1. The van der Waals surface area contributed by atoms with Gasteiger partial charge < -0.3 is 15.0 Å². The van der Waals surface area contributed by atoms with E-state index in [9.17, 15) is 4.79 Å². The molecule has 1 atom stereocenters. The van der Waals surface area contributed by atoms with Crippen molar-refractivity contribution in [2.24, 2.45) is 0 Å². The number of likely N-dealkylation sites (N-methyl/N-ethyl adjacent to an activating group) is 1. The minimum atomic E-state index is -0.120. The van der Waals surface area contributed by atoms with E-state index in [1.165, 1.54) is 4.88 Å². The van der Waals surface area contributed by atoms with Gasteiger partial charge >= 0.3 is 0 Å². The van der Waals surface area contributed by atoms with Gasteiger partial charge in [0.1, 0.15) is 5.75 Å². The molecule has 0 fully saturated rings. The largest absolute Gasteiger partial charge is 0.484 e. The number of thiophene rings is 1. The third-order valence-corrected chi connectivity index (χ3v) is 5.29. The number of amides is 1. The van der Waals surface area contributed by atoms with E-state index < -0.39 is 0 Å². The Morgan fingerprint density at radius 3 is 2.33 bits per heavy atom. The zero-order valence-corrected chi connectivity index (χ0v) is 16.4. The van der Waals surface area contributed by atoms with Crippen molar-refractivity contribution in [1.82, 2.24) is 10.2 Å². The van der Waals surface area contributed by atoms with Crippen molar-refractivity contribution in [3.8, 4) is 16.9 Å². The van der Waals surface area contributed by atoms with Crippen LogP contribution in [0.3, 0.4) is 0 Å². The first-order chi connectivity index (χ1) is 13.1.